The summed E-state index contributed by atoms with van der Waals surface area (Å²) in [6.45, 7) is -0.571. The molecule has 1 unspecified atom stereocenters. The predicted octanol–water partition coefficient (Wildman–Crippen LogP) is 3.64. The molecule has 1 aliphatic rings. The Balaban J connectivity index is 1.54. The normalized spacial score (nSPS) is 18.0. The zero-order valence-electron chi connectivity index (χ0n) is 16.4. The molecule has 3 heterocycles. The van der Waals surface area contributed by atoms with Gasteiger partial charge in [0.25, 0.3) is 11.8 Å². The zero-order chi connectivity index (χ0) is 22.9. The molecule has 0 saturated carbocycles. The summed E-state index contributed by atoms with van der Waals surface area (Å²) in [4.78, 5) is 19.1. The number of para-hydroxylation sites is 1. The molecule has 1 atom stereocenters. The van der Waals surface area contributed by atoms with Crippen LogP contribution in [0.25, 0.3) is 5.69 Å². The van der Waals surface area contributed by atoms with Crippen molar-refractivity contribution in [3.05, 3.63) is 66.1 Å². The van der Waals surface area contributed by atoms with Crippen LogP contribution in [0.5, 0.6) is 0 Å². The smallest absolute Gasteiger partial charge is 0.368 e. The first kappa shape index (κ1) is 21.7. The van der Waals surface area contributed by atoms with Gasteiger partial charge in [0.05, 0.1) is 29.2 Å². The number of hydrogen-bond donors (Lipinski definition) is 1. The number of nitrogens with zero attached hydrogens (tertiary/aromatic N) is 5. The van der Waals surface area contributed by atoms with Crippen LogP contribution in [0.1, 0.15) is 22.3 Å². The first-order chi connectivity index (χ1) is 15.2. The van der Waals surface area contributed by atoms with E-state index in [0.717, 1.165) is 17.0 Å². The lowest BCUT2D eigenvalue weighted by atomic mass is 10.1. The molecule has 0 radical (unpaired) electrons. The van der Waals surface area contributed by atoms with Gasteiger partial charge in [-0.1, -0.05) is 12.1 Å². The van der Waals surface area contributed by atoms with Crippen LogP contribution in [0.15, 0.2) is 55.0 Å². The second kappa shape index (κ2) is 8.17. The van der Waals surface area contributed by atoms with Crippen LogP contribution in [0.2, 0.25) is 0 Å². The number of halogens is 5. The molecule has 12 heteroatoms. The quantitative estimate of drug-likeness (QED) is 0.599. The second-order valence-corrected chi connectivity index (χ2v) is 7.17. The Morgan fingerprint density at radius 3 is 2.50 bits per heavy atom. The van der Waals surface area contributed by atoms with Gasteiger partial charge in [-0.3, -0.25) is 4.79 Å². The molecule has 168 valence electrons. The highest BCUT2D eigenvalue weighted by Gasteiger charge is 2.50. The van der Waals surface area contributed by atoms with Crippen molar-refractivity contribution in [2.75, 3.05) is 18.4 Å². The minimum Gasteiger partial charge on any atom is -0.368 e. The molecule has 0 bridgehead atoms. The van der Waals surface area contributed by atoms with E-state index in [4.69, 9.17) is 0 Å². The fraction of sp³-hybridized carbons (Fsp3) is 0.300. The summed E-state index contributed by atoms with van der Waals surface area (Å²) >= 11 is 0. The molecular weight excluding hydrogens is 435 g/mol. The SMILES string of the molecule is O=C(c1ccccc1-n1nccn1)N1CCC(F)(F)C1CNc1ccc(C(F)(F)F)cn1. The van der Waals surface area contributed by atoms with Gasteiger partial charge < -0.3 is 10.2 Å². The van der Waals surface area contributed by atoms with Gasteiger partial charge in [-0.05, 0) is 24.3 Å². The minimum absolute atomic E-state index is 0.00533. The average Bonchev–Trinajstić information content (AvgIpc) is 3.39. The number of rotatable bonds is 5. The topological polar surface area (TPSA) is 75.9 Å². The molecule has 7 nitrogen and oxygen atoms in total. The molecule has 1 aliphatic heterocycles. The number of carbonyl (C=O) groups is 1. The highest BCUT2D eigenvalue weighted by atomic mass is 19.4. The van der Waals surface area contributed by atoms with Crippen molar-refractivity contribution in [1.82, 2.24) is 24.9 Å². The summed E-state index contributed by atoms with van der Waals surface area (Å²) in [5.74, 6) is -3.82. The number of aromatic nitrogens is 4. The maximum atomic E-state index is 14.6. The summed E-state index contributed by atoms with van der Waals surface area (Å²) < 4.78 is 67.2. The molecule has 0 aliphatic carbocycles. The predicted molar refractivity (Wildman–Crippen MR) is 103 cm³/mol. The third kappa shape index (κ3) is 4.25. The number of benzene rings is 1. The van der Waals surface area contributed by atoms with Gasteiger partial charge in [-0.25, -0.2) is 13.8 Å². The summed E-state index contributed by atoms with van der Waals surface area (Å²) in [6.07, 6.45) is -1.62. The molecule has 4 rings (SSSR count). The lowest BCUT2D eigenvalue weighted by Gasteiger charge is -2.28. The van der Waals surface area contributed by atoms with Gasteiger partial charge in [0.15, 0.2) is 0 Å². The summed E-state index contributed by atoms with van der Waals surface area (Å²) in [7, 11) is 0. The lowest BCUT2D eigenvalue weighted by Crippen LogP contribution is -2.47. The lowest BCUT2D eigenvalue weighted by molar-refractivity contribution is -0.137. The van der Waals surface area contributed by atoms with E-state index in [1.54, 1.807) is 18.2 Å². The molecule has 1 aromatic carbocycles. The summed E-state index contributed by atoms with van der Waals surface area (Å²) in [5.41, 5.74) is -0.456. The number of nitrogens with one attached hydrogen (secondary N) is 1. The molecule has 1 amide bonds. The van der Waals surface area contributed by atoms with E-state index in [9.17, 15) is 26.7 Å². The maximum absolute atomic E-state index is 14.6. The van der Waals surface area contributed by atoms with Gasteiger partial charge in [-0.15, -0.1) is 0 Å². The summed E-state index contributed by atoms with van der Waals surface area (Å²) in [5, 5.41) is 10.6. The molecule has 3 aromatic rings. The molecule has 0 spiro atoms. The second-order valence-electron chi connectivity index (χ2n) is 7.17. The Morgan fingerprint density at radius 2 is 1.84 bits per heavy atom. The maximum Gasteiger partial charge on any atom is 0.417 e. The van der Waals surface area contributed by atoms with Gasteiger partial charge in [0.1, 0.15) is 11.9 Å². The van der Waals surface area contributed by atoms with E-state index in [2.05, 4.69) is 20.5 Å². The van der Waals surface area contributed by atoms with Crippen molar-refractivity contribution in [2.24, 2.45) is 0 Å². The van der Waals surface area contributed by atoms with E-state index < -0.39 is 36.0 Å². The van der Waals surface area contributed by atoms with E-state index in [1.165, 1.54) is 23.3 Å². The number of carbonyl (C=O) groups excluding carboxylic acids is 1. The number of anilines is 1. The first-order valence-corrected chi connectivity index (χ1v) is 9.58. The van der Waals surface area contributed by atoms with E-state index in [1.807, 2.05) is 0 Å². The number of pyridine rings is 1. The molecule has 1 N–H and O–H groups in total. The number of amides is 1. The third-order valence-electron chi connectivity index (χ3n) is 5.15. The standard InChI is InChI=1S/C20H17F5N6O/c21-19(22)7-10-30(16(19)12-27-17-6-5-13(11-26-17)20(23,24)25)18(32)14-3-1-2-4-15(14)31-28-8-9-29-31/h1-6,8-9,11,16H,7,10,12H2,(H,26,27). The number of likely N-dealkylation sites (tertiary alicyclic amines) is 1. The fourth-order valence-corrected chi connectivity index (χ4v) is 3.51. The Morgan fingerprint density at radius 1 is 1.12 bits per heavy atom. The van der Waals surface area contributed by atoms with E-state index >= 15 is 0 Å². The summed E-state index contributed by atoms with van der Waals surface area (Å²) in [6, 6.07) is 6.72. The Labute approximate surface area is 178 Å². The molecule has 1 fully saturated rings. The van der Waals surface area contributed by atoms with Crippen LogP contribution in [0.3, 0.4) is 0 Å². The van der Waals surface area contributed by atoms with E-state index in [-0.39, 0.29) is 24.5 Å². The van der Waals surface area contributed by atoms with Gasteiger partial charge in [0, 0.05) is 25.7 Å². The van der Waals surface area contributed by atoms with Crippen LogP contribution < -0.4 is 5.32 Å². The van der Waals surface area contributed by atoms with Crippen molar-refractivity contribution < 1.29 is 26.7 Å². The molecule has 32 heavy (non-hydrogen) atoms. The zero-order valence-corrected chi connectivity index (χ0v) is 16.4. The van der Waals surface area contributed by atoms with Crippen LogP contribution in [0.4, 0.5) is 27.8 Å². The van der Waals surface area contributed by atoms with E-state index in [0.29, 0.717) is 11.9 Å². The van der Waals surface area contributed by atoms with Gasteiger partial charge in [-0.2, -0.15) is 28.2 Å². The monoisotopic (exact) mass is 452 g/mol. The highest BCUT2D eigenvalue weighted by Crippen LogP contribution is 2.36. The van der Waals surface area contributed by atoms with Crippen LogP contribution >= 0.6 is 0 Å². The first-order valence-electron chi connectivity index (χ1n) is 9.58. The fourth-order valence-electron chi connectivity index (χ4n) is 3.51. The van der Waals surface area contributed by atoms with Crippen LogP contribution in [-0.4, -0.2) is 55.8 Å². The highest BCUT2D eigenvalue weighted by molar-refractivity contribution is 5.98. The van der Waals surface area contributed by atoms with Gasteiger partial charge in [0.2, 0.25) is 0 Å². The number of hydrogen-bond acceptors (Lipinski definition) is 5. The van der Waals surface area contributed by atoms with Crippen molar-refractivity contribution >= 4 is 11.7 Å². The van der Waals surface area contributed by atoms with Crippen molar-refractivity contribution in [2.45, 2.75) is 24.6 Å². The third-order valence-corrected chi connectivity index (χ3v) is 5.15. The molecule has 2 aromatic heterocycles. The van der Waals surface area contributed by atoms with Gasteiger partial charge >= 0.3 is 6.18 Å². The van der Waals surface area contributed by atoms with Crippen molar-refractivity contribution in [3.8, 4) is 5.69 Å². The van der Waals surface area contributed by atoms with Crippen molar-refractivity contribution in [3.63, 3.8) is 0 Å². The van der Waals surface area contributed by atoms with Crippen LogP contribution in [0, 0.1) is 0 Å². The van der Waals surface area contributed by atoms with Crippen molar-refractivity contribution in [1.29, 1.82) is 0 Å². The largest absolute Gasteiger partial charge is 0.417 e. The Kier molecular flexibility index (Phi) is 5.53. The Bertz CT molecular complexity index is 1080. The van der Waals surface area contributed by atoms with Crippen LogP contribution in [-0.2, 0) is 6.18 Å². The average molecular weight is 452 g/mol. The Hall–Kier alpha value is -3.57. The number of alkyl halides is 5. The minimum atomic E-state index is -4.55. The molecule has 1 saturated heterocycles. The molecular formula is C20H17F5N6O.